The van der Waals surface area contributed by atoms with Gasteiger partial charge in [0, 0.05) is 6.04 Å². The topological polar surface area (TPSA) is 32.3 Å². The van der Waals surface area contributed by atoms with Gasteiger partial charge in [-0.1, -0.05) is 33.6 Å². The van der Waals surface area contributed by atoms with Crippen molar-refractivity contribution < 1.29 is 4.79 Å². The van der Waals surface area contributed by atoms with Gasteiger partial charge in [0.05, 0.1) is 6.04 Å². The van der Waals surface area contributed by atoms with Crippen LogP contribution in [-0.4, -0.2) is 22.9 Å². The Kier molecular flexibility index (Phi) is 3.63. The van der Waals surface area contributed by atoms with E-state index in [1.165, 1.54) is 5.56 Å². The predicted molar refractivity (Wildman–Crippen MR) is 82.5 cm³/mol. The molecule has 4 heteroatoms. The third-order valence-corrected chi connectivity index (χ3v) is 5.39. The van der Waals surface area contributed by atoms with Gasteiger partial charge >= 0.3 is 0 Å². The lowest BCUT2D eigenvalue weighted by atomic mass is 10.1. The van der Waals surface area contributed by atoms with Gasteiger partial charge in [-0.15, -0.1) is 0 Å². The average molecular weight is 292 g/mol. The van der Waals surface area contributed by atoms with Crippen LogP contribution in [0.5, 0.6) is 0 Å². The van der Waals surface area contributed by atoms with Crippen molar-refractivity contribution in [2.75, 3.05) is 0 Å². The predicted octanol–water partition coefficient (Wildman–Crippen LogP) is 3.54. The van der Waals surface area contributed by atoms with E-state index < -0.39 is 0 Å². The lowest BCUT2D eigenvalue weighted by molar-refractivity contribution is -0.131. The van der Waals surface area contributed by atoms with Gasteiger partial charge in [-0.2, -0.15) is 11.3 Å². The maximum atomic E-state index is 12.8. The highest BCUT2D eigenvalue weighted by Gasteiger charge is 2.56. The molecule has 1 N–H and O–H groups in total. The third kappa shape index (κ3) is 2.40. The van der Waals surface area contributed by atoms with Crippen molar-refractivity contribution in [3.8, 4) is 0 Å². The largest absolute Gasteiger partial charge is 0.318 e. The third-order valence-electron chi connectivity index (χ3n) is 4.69. The Labute approximate surface area is 125 Å². The minimum atomic E-state index is 0.0104. The van der Waals surface area contributed by atoms with Crippen molar-refractivity contribution in [1.29, 1.82) is 0 Å². The molecule has 20 heavy (non-hydrogen) atoms. The summed E-state index contributed by atoms with van der Waals surface area (Å²) in [5.74, 6) is 0.310. The molecule has 0 radical (unpaired) electrons. The van der Waals surface area contributed by atoms with Gasteiger partial charge in [0.25, 0.3) is 0 Å². The van der Waals surface area contributed by atoms with Gasteiger partial charge in [-0.05, 0) is 40.6 Å². The van der Waals surface area contributed by atoms with E-state index in [1.807, 2.05) is 0 Å². The molecular weight excluding hydrogens is 268 g/mol. The van der Waals surface area contributed by atoms with E-state index >= 15 is 0 Å². The summed E-state index contributed by atoms with van der Waals surface area (Å²) in [5, 5.41) is 7.83. The van der Waals surface area contributed by atoms with Crippen LogP contribution in [0.2, 0.25) is 0 Å². The average Bonchev–Trinajstić information content (AvgIpc) is 2.84. The molecule has 3 nitrogen and oxygen atoms in total. The molecule has 3 unspecified atom stereocenters. The Bertz CT molecular complexity index is 483. The Balaban J connectivity index is 1.81. The van der Waals surface area contributed by atoms with E-state index in [9.17, 15) is 4.79 Å². The summed E-state index contributed by atoms with van der Waals surface area (Å²) in [4.78, 5) is 14.9. The number of nitrogens with one attached hydrogen (secondary N) is 1. The number of hydrogen-bond acceptors (Lipinski definition) is 3. The summed E-state index contributed by atoms with van der Waals surface area (Å²) < 4.78 is 0. The molecule has 0 aromatic carbocycles. The first-order valence-corrected chi connectivity index (χ1v) is 8.59. The van der Waals surface area contributed by atoms with Gasteiger partial charge in [0.2, 0.25) is 5.91 Å². The molecule has 1 amide bonds. The second-order valence-electron chi connectivity index (χ2n) is 6.77. The van der Waals surface area contributed by atoms with Crippen LogP contribution < -0.4 is 5.32 Å². The molecule has 2 fully saturated rings. The molecular formula is C16H24N2OS. The maximum absolute atomic E-state index is 12.8. The molecule has 3 rings (SSSR count). The minimum Gasteiger partial charge on any atom is -0.318 e. The minimum absolute atomic E-state index is 0.0104. The van der Waals surface area contributed by atoms with Crippen LogP contribution >= 0.6 is 11.3 Å². The second kappa shape index (κ2) is 5.15. The summed E-state index contributed by atoms with van der Waals surface area (Å²) in [6, 6.07) is 2.55. The summed E-state index contributed by atoms with van der Waals surface area (Å²) in [7, 11) is 0. The van der Waals surface area contributed by atoms with Crippen LogP contribution in [-0.2, 0) is 4.79 Å². The summed E-state index contributed by atoms with van der Waals surface area (Å²) in [5.41, 5.74) is 1.52. The number of amides is 1. The fourth-order valence-corrected chi connectivity index (χ4v) is 3.88. The van der Waals surface area contributed by atoms with Crippen LogP contribution in [0.1, 0.15) is 58.2 Å². The molecule has 1 aliphatic carbocycles. The molecule has 0 spiro atoms. The van der Waals surface area contributed by atoms with Crippen molar-refractivity contribution in [1.82, 2.24) is 10.2 Å². The van der Waals surface area contributed by atoms with Crippen molar-refractivity contribution in [2.24, 2.45) is 5.41 Å². The van der Waals surface area contributed by atoms with Crippen LogP contribution in [0, 0.1) is 5.41 Å². The smallest absolute Gasteiger partial charge is 0.241 e. The molecule has 110 valence electrons. The van der Waals surface area contributed by atoms with Crippen LogP contribution in [0.3, 0.4) is 0 Å². The lowest BCUT2D eigenvalue weighted by Crippen LogP contribution is -2.35. The van der Waals surface area contributed by atoms with Crippen LogP contribution in [0.4, 0.5) is 0 Å². The van der Waals surface area contributed by atoms with E-state index in [0.717, 1.165) is 25.7 Å². The Morgan fingerprint density at radius 1 is 1.50 bits per heavy atom. The van der Waals surface area contributed by atoms with Crippen molar-refractivity contribution >= 4 is 17.2 Å². The number of thiophene rings is 1. The Hall–Kier alpha value is -0.870. The second-order valence-corrected chi connectivity index (χ2v) is 7.55. The van der Waals surface area contributed by atoms with Crippen molar-refractivity contribution in [2.45, 2.75) is 64.7 Å². The van der Waals surface area contributed by atoms with E-state index in [0.29, 0.717) is 11.9 Å². The highest BCUT2D eigenvalue weighted by molar-refractivity contribution is 7.07. The molecule has 1 saturated heterocycles. The summed E-state index contributed by atoms with van der Waals surface area (Å²) >= 11 is 1.70. The highest BCUT2D eigenvalue weighted by Crippen LogP contribution is 2.52. The van der Waals surface area contributed by atoms with Gasteiger partial charge in [-0.25, -0.2) is 0 Å². The fraction of sp³-hybridized carbons (Fsp3) is 0.688. The zero-order valence-corrected chi connectivity index (χ0v) is 13.4. The van der Waals surface area contributed by atoms with E-state index in [-0.39, 0.29) is 17.6 Å². The molecule has 1 aliphatic heterocycles. The zero-order chi connectivity index (χ0) is 14.3. The van der Waals surface area contributed by atoms with E-state index in [4.69, 9.17) is 0 Å². The lowest BCUT2D eigenvalue weighted by Gasteiger charge is -2.25. The fourth-order valence-electron chi connectivity index (χ4n) is 3.20. The summed E-state index contributed by atoms with van der Waals surface area (Å²) in [6.07, 6.45) is 4.43. The van der Waals surface area contributed by atoms with Gasteiger partial charge < -0.3 is 4.90 Å². The van der Waals surface area contributed by atoms with Gasteiger partial charge in [0.1, 0.15) is 6.17 Å². The van der Waals surface area contributed by atoms with Gasteiger partial charge in [-0.3, -0.25) is 10.1 Å². The summed E-state index contributed by atoms with van der Waals surface area (Å²) in [6.45, 7) is 6.70. The van der Waals surface area contributed by atoms with Gasteiger partial charge in [0.15, 0.2) is 0 Å². The number of hydrogen-bond donors (Lipinski definition) is 1. The molecule has 1 aromatic heterocycles. The quantitative estimate of drug-likeness (QED) is 0.900. The number of carbonyl (C=O) groups excluding carboxylic acids is 1. The van der Waals surface area contributed by atoms with E-state index in [1.54, 1.807) is 11.3 Å². The molecule has 2 aliphatic rings. The number of carbonyl (C=O) groups is 1. The number of nitrogens with zero attached hydrogens (tertiary/aromatic N) is 1. The normalized spacial score (nSPS) is 31.9. The maximum Gasteiger partial charge on any atom is 0.241 e. The highest BCUT2D eigenvalue weighted by atomic mass is 32.1. The Morgan fingerprint density at radius 3 is 2.80 bits per heavy atom. The van der Waals surface area contributed by atoms with E-state index in [2.05, 4.69) is 47.8 Å². The first-order chi connectivity index (χ1) is 9.54. The Morgan fingerprint density at radius 2 is 2.25 bits per heavy atom. The van der Waals surface area contributed by atoms with Crippen molar-refractivity contribution in [3.05, 3.63) is 22.4 Å². The number of rotatable bonds is 5. The van der Waals surface area contributed by atoms with Crippen molar-refractivity contribution in [3.63, 3.8) is 0 Å². The SMILES string of the molecule is CCCCC1NC(c2ccsc2)N(C2CC2(C)C)C1=O. The molecule has 0 bridgehead atoms. The number of unbranched alkanes of at least 4 members (excludes halogenated alkanes) is 1. The molecule has 1 saturated carbocycles. The standard InChI is InChI=1S/C16H24N2OS/c1-4-5-6-12-15(19)18(13-9-16(13,2)3)14(17-12)11-7-8-20-10-11/h7-8,10,12-14,17H,4-6,9H2,1-3H3. The van der Waals surface area contributed by atoms with Crippen LogP contribution in [0.15, 0.2) is 16.8 Å². The monoisotopic (exact) mass is 292 g/mol. The first kappa shape index (κ1) is 14.1. The molecule has 2 heterocycles. The first-order valence-electron chi connectivity index (χ1n) is 7.65. The molecule has 1 aromatic rings. The van der Waals surface area contributed by atoms with Crippen LogP contribution in [0.25, 0.3) is 0 Å². The molecule has 3 atom stereocenters. The zero-order valence-electron chi connectivity index (χ0n) is 12.6.